The largest absolute Gasteiger partial charge is 0.462 e. The van der Waals surface area contributed by atoms with Crippen LogP contribution >= 0.6 is 0 Å². The summed E-state index contributed by atoms with van der Waals surface area (Å²) in [7, 11) is 0. The second-order valence-corrected chi connectivity index (χ2v) is 26.2. The van der Waals surface area contributed by atoms with Gasteiger partial charge in [-0.1, -0.05) is 248 Å². The van der Waals surface area contributed by atoms with E-state index in [0.29, 0.717) is 50.5 Å². The lowest BCUT2D eigenvalue weighted by Gasteiger charge is -2.44. The lowest BCUT2D eigenvalue weighted by atomic mass is 9.61. The molecule has 3 fully saturated rings. The third-order valence-corrected chi connectivity index (χ3v) is 17.3. The van der Waals surface area contributed by atoms with Crippen molar-refractivity contribution in [2.45, 2.75) is 318 Å². The van der Waals surface area contributed by atoms with Crippen LogP contribution in [-0.2, 0) is 28.6 Å². The van der Waals surface area contributed by atoms with E-state index in [9.17, 15) is 19.5 Å². The van der Waals surface area contributed by atoms with Crippen LogP contribution in [-0.4, -0.2) is 51.8 Å². The van der Waals surface area contributed by atoms with Crippen LogP contribution in [0.3, 0.4) is 0 Å². The molecule has 1 heterocycles. The smallest absolute Gasteiger partial charge is 0.306 e. The summed E-state index contributed by atoms with van der Waals surface area (Å²) in [6.45, 7) is 24.9. The summed E-state index contributed by atoms with van der Waals surface area (Å²) in [6, 6.07) is 0. The molecule has 0 aromatic rings. The van der Waals surface area contributed by atoms with Gasteiger partial charge in [-0.2, -0.15) is 0 Å². The molecule has 0 radical (unpaired) electrons. The SMILES string of the molecule is CCCCCC/C=C\CCCCCCCC(=O)O[C@H]1CC(C)(C)C(=C=C/C(C)=C/C=C/C(C)=C/C=C/C=C(C)/C=C/C=C(\C)C(=O)C[C@@]23O[C@]2(C)C[C@@H](OC(=O)CCCCCCCCCCCCCCCC)CC3(C)C)[C@](C)(O)C1. The second kappa shape index (κ2) is 37.2. The highest BCUT2D eigenvalue weighted by Gasteiger charge is 2.76. The quantitative estimate of drug-likeness (QED) is 0.0124. The van der Waals surface area contributed by atoms with Crippen LogP contribution in [0.1, 0.15) is 289 Å². The van der Waals surface area contributed by atoms with Crippen molar-refractivity contribution in [2.75, 3.05) is 0 Å². The van der Waals surface area contributed by atoms with Crippen LogP contribution in [0.5, 0.6) is 0 Å². The molecule has 7 heteroatoms. The van der Waals surface area contributed by atoms with Gasteiger partial charge in [-0.15, -0.1) is 5.73 Å². The van der Waals surface area contributed by atoms with Crippen LogP contribution in [0.4, 0.5) is 0 Å². The molecular formula is C73H116O7. The topological polar surface area (TPSA) is 102 Å². The highest BCUT2D eigenvalue weighted by atomic mass is 16.6. The van der Waals surface area contributed by atoms with E-state index < -0.39 is 16.8 Å². The van der Waals surface area contributed by atoms with Gasteiger partial charge in [-0.25, -0.2) is 0 Å². The highest BCUT2D eigenvalue weighted by Crippen LogP contribution is 2.67. The van der Waals surface area contributed by atoms with E-state index in [4.69, 9.17) is 14.2 Å². The molecule has 0 spiro atoms. The van der Waals surface area contributed by atoms with E-state index >= 15 is 0 Å². The number of esters is 2. The Morgan fingerprint density at radius 1 is 0.537 bits per heavy atom. The van der Waals surface area contributed by atoms with E-state index in [0.717, 1.165) is 60.8 Å². The molecule has 0 bridgehead atoms. The van der Waals surface area contributed by atoms with Crippen molar-refractivity contribution >= 4 is 17.7 Å². The van der Waals surface area contributed by atoms with Crippen molar-refractivity contribution in [1.82, 2.24) is 0 Å². The van der Waals surface area contributed by atoms with Gasteiger partial charge in [0.1, 0.15) is 17.8 Å². The fraction of sp³-hybridized carbons (Fsp3) is 0.699. The Balaban J connectivity index is 1.37. The van der Waals surface area contributed by atoms with Crippen molar-refractivity contribution in [3.05, 3.63) is 113 Å². The lowest BCUT2D eigenvalue weighted by molar-refractivity contribution is -0.156. The molecular weight excluding hydrogens is 989 g/mol. The molecule has 80 heavy (non-hydrogen) atoms. The molecule has 0 aromatic heterocycles. The van der Waals surface area contributed by atoms with Gasteiger partial charge in [0.15, 0.2) is 5.78 Å². The van der Waals surface area contributed by atoms with E-state index in [1.807, 2.05) is 82.4 Å². The molecule has 3 aliphatic rings. The van der Waals surface area contributed by atoms with Crippen LogP contribution in [0, 0.1) is 10.8 Å². The standard InChI is InChI=1S/C73H116O7/c1-13-15-17-19-21-23-25-27-29-31-33-35-37-39-51-68(76)79-64-55-70(9,10)73(72(12,57-64)80-73)58-65(74)62(6)49-43-48-60(4)45-41-40-44-59(3)46-42-47-61(5)52-53-66-69(7,8)54-63(56-71(66,11)77)78-67(75)50-38-36-34-32-30-28-26-24-22-20-18-16-14-2/h24,26,40-49,52,63-64,77H,13-23,25,27-39,50-51,54-58H2,1-12H3/b26-24-,41-40+,46-42+,48-43+,59-44+,60-45+,61-47+,62-49+/t53?,63-,64-,71+,72+,73-/m0/s1. The first-order valence-corrected chi connectivity index (χ1v) is 32.3. The zero-order valence-electron chi connectivity index (χ0n) is 53.2. The molecule has 2 aliphatic carbocycles. The normalized spacial score (nSPS) is 24.2. The minimum atomic E-state index is -1.13. The van der Waals surface area contributed by atoms with Crippen molar-refractivity contribution in [2.24, 2.45) is 10.8 Å². The maximum atomic E-state index is 13.6. The van der Waals surface area contributed by atoms with Crippen molar-refractivity contribution in [3.8, 4) is 0 Å². The van der Waals surface area contributed by atoms with E-state index in [1.54, 1.807) is 0 Å². The molecule has 450 valence electrons. The van der Waals surface area contributed by atoms with Crippen LogP contribution in [0.15, 0.2) is 113 Å². The number of hydrogen-bond acceptors (Lipinski definition) is 7. The van der Waals surface area contributed by atoms with Gasteiger partial charge < -0.3 is 19.3 Å². The summed E-state index contributed by atoms with van der Waals surface area (Å²) in [5, 5.41) is 11.6. The van der Waals surface area contributed by atoms with E-state index in [-0.39, 0.29) is 40.8 Å². The Morgan fingerprint density at radius 2 is 0.963 bits per heavy atom. The zero-order valence-corrected chi connectivity index (χ0v) is 53.2. The minimum Gasteiger partial charge on any atom is -0.462 e. The zero-order chi connectivity index (χ0) is 58.9. The monoisotopic (exact) mass is 1100 g/mol. The molecule has 1 saturated heterocycles. The maximum Gasteiger partial charge on any atom is 0.306 e. The van der Waals surface area contributed by atoms with Crippen LogP contribution < -0.4 is 0 Å². The third-order valence-electron chi connectivity index (χ3n) is 17.3. The molecule has 0 aromatic carbocycles. The molecule has 2 saturated carbocycles. The first-order chi connectivity index (χ1) is 38.1. The number of Topliss-reactive ketones (excluding diaryl/α,β-unsaturated/α-hetero) is 1. The number of carbonyl (C=O) groups is 3. The number of ketones is 1. The maximum absolute atomic E-state index is 13.6. The molecule has 7 nitrogen and oxygen atoms in total. The van der Waals surface area contributed by atoms with Crippen LogP contribution in [0.25, 0.3) is 0 Å². The average Bonchev–Trinajstić information content (AvgIpc) is 4.00. The fourth-order valence-electron chi connectivity index (χ4n) is 12.5. The molecule has 1 aliphatic heterocycles. The molecule has 1 N–H and O–H groups in total. The number of carbonyl (C=O) groups excluding carboxylic acids is 3. The number of epoxide rings is 1. The van der Waals surface area contributed by atoms with Crippen molar-refractivity contribution < 1.29 is 33.7 Å². The van der Waals surface area contributed by atoms with Gasteiger partial charge >= 0.3 is 11.9 Å². The van der Waals surface area contributed by atoms with Gasteiger partial charge in [-0.3, -0.25) is 14.4 Å². The number of rotatable bonds is 40. The number of allylic oxidation sites excluding steroid dienone is 16. The number of unbranched alkanes of at least 4 members (excludes halogenated alkanes) is 22. The predicted molar refractivity (Wildman–Crippen MR) is 337 cm³/mol. The van der Waals surface area contributed by atoms with Crippen molar-refractivity contribution in [1.29, 1.82) is 0 Å². The number of hydrogen-bond donors (Lipinski definition) is 1. The third kappa shape index (κ3) is 26.5. The number of aliphatic hydroxyl groups is 1. The Bertz CT molecular complexity index is 2170. The summed E-state index contributed by atoms with van der Waals surface area (Å²) in [5.74, 6) is -0.183. The Morgan fingerprint density at radius 3 is 1.44 bits per heavy atom. The minimum absolute atomic E-state index is 0.0807. The van der Waals surface area contributed by atoms with Crippen LogP contribution in [0.2, 0.25) is 0 Å². The molecule has 3 rings (SSSR count). The highest BCUT2D eigenvalue weighted by molar-refractivity contribution is 5.96. The van der Waals surface area contributed by atoms with Gasteiger partial charge in [0.25, 0.3) is 0 Å². The molecule has 0 amide bonds. The second-order valence-electron chi connectivity index (χ2n) is 26.2. The summed E-state index contributed by atoms with van der Waals surface area (Å²) in [4.78, 5) is 39.3. The molecule has 5 atom stereocenters. The summed E-state index contributed by atoms with van der Waals surface area (Å²) >= 11 is 0. The average molecular weight is 1110 g/mol. The predicted octanol–water partition coefficient (Wildman–Crippen LogP) is 20.4. The lowest BCUT2D eigenvalue weighted by Crippen LogP contribution is -2.49. The Labute approximate surface area is 490 Å². The summed E-state index contributed by atoms with van der Waals surface area (Å²) in [6.07, 6.45) is 60.8. The fourth-order valence-corrected chi connectivity index (χ4v) is 12.5. The van der Waals surface area contributed by atoms with Gasteiger partial charge in [0.05, 0.1) is 11.2 Å². The number of ether oxygens (including phenoxy) is 3. The summed E-state index contributed by atoms with van der Waals surface area (Å²) < 4.78 is 18.5. The summed E-state index contributed by atoms with van der Waals surface area (Å²) in [5.41, 5.74) is 5.24. The van der Waals surface area contributed by atoms with Gasteiger partial charge in [0.2, 0.25) is 0 Å². The number of fused-ring (bicyclic) bond motifs is 1. The van der Waals surface area contributed by atoms with Crippen molar-refractivity contribution in [3.63, 3.8) is 0 Å². The first kappa shape index (κ1) is 70.2. The Kier molecular flexibility index (Phi) is 32.7. The van der Waals surface area contributed by atoms with Gasteiger partial charge in [0, 0.05) is 43.1 Å². The van der Waals surface area contributed by atoms with Gasteiger partial charge in [-0.05, 0) is 116 Å². The molecule has 0 unspecified atom stereocenters. The van der Waals surface area contributed by atoms with E-state index in [1.165, 1.54) is 122 Å². The first-order valence-electron chi connectivity index (χ1n) is 32.3. The van der Waals surface area contributed by atoms with E-state index in [2.05, 4.69) is 85.4 Å². The Hall–Kier alpha value is -4.03.